The van der Waals surface area contributed by atoms with Crippen LogP contribution in [0.25, 0.3) is 0 Å². The number of sulfonamides is 1. The van der Waals surface area contributed by atoms with E-state index in [1.54, 1.807) is 0 Å². The van der Waals surface area contributed by atoms with E-state index in [0.717, 1.165) is 6.07 Å². The van der Waals surface area contributed by atoms with Crippen LogP contribution in [0.15, 0.2) is 23.1 Å². The number of rotatable bonds is 3. The number of methoxy groups -OCH3 is 1. The molecule has 1 fully saturated rings. The fourth-order valence-electron chi connectivity index (χ4n) is 2.30. The Morgan fingerprint density at radius 1 is 1.45 bits per heavy atom. The number of nitrogens with zero attached hydrogens (tertiary/aromatic N) is 1. The van der Waals surface area contributed by atoms with Crippen LogP contribution in [0, 0.1) is 11.7 Å². The summed E-state index contributed by atoms with van der Waals surface area (Å²) in [4.78, 5) is -0.0570. The lowest BCUT2D eigenvalue weighted by molar-refractivity contribution is 0.250. The van der Waals surface area contributed by atoms with Crippen LogP contribution in [0.5, 0.6) is 5.75 Å². The third kappa shape index (κ3) is 2.79. The Morgan fingerprint density at radius 2 is 2.15 bits per heavy atom. The summed E-state index contributed by atoms with van der Waals surface area (Å²) in [5, 5.41) is 0. The summed E-state index contributed by atoms with van der Waals surface area (Å²) >= 11 is 0. The van der Waals surface area contributed by atoms with Gasteiger partial charge in [0.15, 0.2) is 11.6 Å². The molecule has 1 heterocycles. The van der Waals surface area contributed by atoms with Gasteiger partial charge in [0.2, 0.25) is 10.0 Å². The van der Waals surface area contributed by atoms with Crippen LogP contribution < -0.4 is 10.5 Å². The molecule has 20 heavy (non-hydrogen) atoms. The highest BCUT2D eigenvalue weighted by molar-refractivity contribution is 7.89. The smallest absolute Gasteiger partial charge is 0.243 e. The molecule has 2 rings (SSSR count). The van der Waals surface area contributed by atoms with Gasteiger partial charge in [-0.3, -0.25) is 0 Å². The molecule has 0 aromatic heterocycles. The average molecular weight is 302 g/mol. The first kappa shape index (κ1) is 15.2. The lowest BCUT2D eigenvalue weighted by atomic mass is 9.96. The minimum Gasteiger partial charge on any atom is -0.494 e. The number of piperidine rings is 1. The third-order valence-corrected chi connectivity index (χ3v) is 5.56. The lowest BCUT2D eigenvalue weighted by Crippen LogP contribution is -2.48. The SMILES string of the molecule is COc1ccc(S(=O)(=O)N2CCC(N)C(C)C2)cc1F. The molecule has 7 heteroatoms. The summed E-state index contributed by atoms with van der Waals surface area (Å²) in [6.45, 7) is 2.64. The van der Waals surface area contributed by atoms with Crippen molar-refractivity contribution in [2.75, 3.05) is 20.2 Å². The van der Waals surface area contributed by atoms with Gasteiger partial charge in [-0.2, -0.15) is 4.31 Å². The van der Waals surface area contributed by atoms with Gasteiger partial charge in [-0.05, 0) is 30.5 Å². The van der Waals surface area contributed by atoms with E-state index in [4.69, 9.17) is 10.5 Å². The Hall–Kier alpha value is -1.18. The molecule has 1 aliphatic rings. The molecule has 2 atom stereocenters. The van der Waals surface area contributed by atoms with Crippen molar-refractivity contribution in [1.29, 1.82) is 0 Å². The normalized spacial score (nSPS) is 24.6. The maximum atomic E-state index is 13.7. The molecular weight excluding hydrogens is 283 g/mol. The number of hydrogen-bond acceptors (Lipinski definition) is 4. The van der Waals surface area contributed by atoms with Gasteiger partial charge in [-0.25, -0.2) is 12.8 Å². The van der Waals surface area contributed by atoms with E-state index >= 15 is 0 Å². The molecule has 112 valence electrons. The van der Waals surface area contributed by atoms with Gasteiger partial charge in [0.1, 0.15) is 0 Å². The Labute approximate surface area is 118 Å². The van der Waals surface area contributed by atoms with E-state index in [-0.39, 0.29) is 22.6 Å². The highest BCUT2D eigenvalue weighted by atomic mass is 32.2. The molecule has 0 aliphatic carbocycles. The standard InChI is InChI=1S/C13H19FN2O3S/c1-9-8-16(6-5-12(9)15)20(17,18)10-3-4-13(19-2)11(14)7-10/h3-4,7,9,12H,5-6,8,15H2,1-2H3. The number of halogens is 1. The van der Waals surface area contributed by atoms with Crippen LogP contribution in [-0.4, -0.2) is 39.0 Å². The average Bonchev–Trinajstić information content (AvgIpc) is 2.41. The predicted molar refractivity (Wildman–Crippen MR) is 73.5 cm³/mol. The first-order valence-corrected chi connectivity index (χ1v) is 7.89. The maximum absolute atomic E-state index is 13.7. The van der Waals surface area contributed by atoms with Crippen molar-refractivity contribution in [3.63, 3.8) is 0 Å². The van der Waals surface area contributed by atoms with Gasteiger partial charge in [0.25, 0.3) is 0 Å². The van der Waals surface area contributed by atoms with E-state index in [0.29, 0.717) is 19.5 Å². The predicted octanol–water partition coefficient (Wildman–Crippen LogP) is 1.19. The van der Waals surface area contributed by atoms with Crippen molar-refractivity contribution in [3.8, 4) is 5.75 Å². The first-order valence-electron chi connectivity index (χ1n) is 6.45. The Bertz CT molecular complexity index is 591. The van der Waals surface area contributed by atoms with Gasteiger partial charge >= 0.3 is 0 Å². The van der Waals surface area contributed by atoms with Gasteiger partial charge in [-0.15, -0.1) is 0 Å². The van der Waals surface area contributed by atoms with Crippen LogP contribution in [0.1, 0.15) is 13.3 Å². The van der Waals surface area contributed by atoms with Crippen molar-refractivity contribution in [2.45, 2.75) is 24.3 Å². The summed E-state index contributed by atoms with van der Waals surface area (Å²) in [7, 11) is -2.35. The highest BCUT2D eigenvalue weighted by Crippen LogP contribution is 2.26. The van der Waals surface area contributed by atoms with Crippen molar-refractivity contribution in [1.82, 2.24) is 4.31 Å². The van der Waals surface area contributed by atoms with Crippen molar-refractivity contribution in [3.05, 3.63) is 24.0 Å². The van der Waals surface area contributed by atoms with Crippen LogP contribution in [0.3, 0.4) is 0 Å². The van der Waals surface area contributed by atoms with Gasteiger partial charge in [0.05, 0.1) is 12.0 Å². The number of benzene rings is 1. The quantitative estimate of drug-likeness (QED) is 0.910. The highest BCUT2D eigenvalue weighted by Gasteiger charge is 2.32. The van der Waals surface area contributed by atoms with Gasteiger partial charge < -0.3 is 10.5 Å². The fourth-order valence-corrected chi connectivity index (χ4v) is 3.87. The molecule has 5 nitrogen and oxygen atoms in total. The second-order valence-electron chi connectivity index (χ2n) is 5.09. The van der Waals surface area contributed by atoms with Gasteiger partial charge in [0, 0.05) is 19.1 Å². The van der Waals surface area contributed by atoms with E-state index in [1.165, 1.54) is 23.5 Å². The largest absolute Gasteiger partial charge is 0.494 e. The van der Waals surface area contributed by atoms with Crippen LogP contribution in [0.2, 0.25) is 0 Å². The molecule has 1 aromatic rings. The molecule has 0 bridgehead atoms. The minimum absolute atomic E-state index is 0.00838. The van der Waals surface area contributed by atoms with Crippen LogP contribution >= 0.6 is 0 Å². The molecule has 0 radical (unpaired) electrons. The summed E-state index contributed by atoms with van der Waals surface area (Å²) in [6.07, 6.45) is 0.610. The summed E-state index contributed by atoms with van der Waals surface area (Å²) in [6, 6.07) is 3.68. The summed E-state index contributed by atoms with van der Waals surface area (Å²) < 4.78 is 44.7. The van der Waals surface area contributed by atoms with Crippen molar-refractivity contribution < 1.29 is 17.5 Å². The van der Waals surface area contributed by atoms with Crippen molar-refractivity contribution >= 4 is 10.0 Å². The monoisotopic (exact) mass is 302 g/mol. The van der Waals surface area contributed by atoms with Crippen LogP contribution in [0.4, 0.5) is 4.39 Å². The zero-order chi connectivity index (χ0) is 14.9. The number of hydrogen-bond donors (Lipinski definition) is 1. The first-order chi connectivity index (χ1) is 9.36. The fraction of sp³-hybridized carbons (Fsp3) is 0.538. The van der Waals surface area contributed by atoms with Crippen molar-refractivity contribution in [2.24, 2.45) is 11.7 Å². The molecule has 1 aliphatic heterocycles. The lowest BCUT2D eigenvalue weighted by Gasteiger charge is -2.34. The van der Waals surface area contributed by atoms with E-state index in [9.17, 15) is 12.8 Å². The topological polar surface area (TPSA) is 72.6 Å². The summed E-state index contributed by atoms with van der Waals surface area (Å²) in [5.74, 6) is -0.574. The molecule has 0 spiro atoms. The molecule has 0 saturated carbocycles. The second kappa shape index (κ2) is 5.67. The minimum atomic E-state index is -3.68. The Morgan fingerprint density at radius 3 is 2.70 bits per heavy atom. The second-order valence-corrected chi connectivity index (χ2v) is 7.03. The molecular formula is C13H19FN2O3S. The molecule has 2 N–H and O–H groups in total. The van der Waals surface area contributed by atoms with Crippen LogP contribution in [-0.2, 0) is 10.0 Å². The molecule has 0 amide bonds. The number of ether oxygens (including phenoxy) is 1. The molecule has 1 saturated heterocycles. The third-order valence-electron chi connectivity index (χ3n) is 3.70. The Kier molecular flexibility index (Phi) is 4.31. The zero-order valence-electron chi connectivity index (χ0n) is 11.5. The Balaban J connectivity index is 2.29. The molecule has 2 unspecified atom stereocenters. The number of nitrogens with two attached hydrogens (primary N) is 1. The summed E-state index contributed by atoms with van der Waals surface area (Å²) in [5.41, 5.74) is 5.89. The van der Waals surface area contributed by atoms with E-state index in [1.807, 2.05) is 6.92 Å². The zero-order valence-corrected chi connectivity index (χ0v) is 12.4. The van der Waals surface area contributed by atoms with E-state index in [2.05, 4.69) is 0 Å². The molecule has 1 aromatic carbocycles. The van der Waals surface area contributed by atoms with Gasteiger partial charge in [-0.1, -0.05) is 6.92 Å². The maximum Gasteiger partial charge on any atom is 0.243 e. The van der Waals surface area contributed by atoms with E-state index < -0.39 is 15.8 Å².